The van der Waals surface area contributed by atoms with Crippen LogP contribution < -0.4 is 0 Å². The number of nitrogens with zero attached hydrogens (tertiary/aromatic N) is 3. The summed E-state index contributed by atoms with van der Waals surface area (Å²) in [7, 11) is 0. The van der Waals surface area contributed by atoms with Crippen molar-refractivity contribution in [2.24, 2.45) is 0 Å². The lowest BCUT2D eigenvalue weighted by Gasteiger charge is -2.11. The number of hydrogen-bond donors (Lipinski definition) is 0. The third-order valence-corrected chi connectivity index (χ3v) is 4.46. The summed E-state index contributed by atoms with van der Waals surface area (Å²) in [5.74, 6) is 0. The molecule has 1 heterocycles. The molecule has 0 aliphatic heterocycles. The quantitative estimate of drug-likeness (QED) is 0.682. The molecule has 120 valence electrons. The van der Waals surface area contributed by atoms with Crippen molar-refractivity contribution in [3.05, 3.63) is 78.0 Å². The Kier molecular flexibility index (Phi) is 4.24. The largest absolute Gasteiger partial charge is 0.179 e. The maximum Gasteiger partial charge on any atom is 0.120 e. The van der Waals surface area contributed by atoms with E-state index in [1.54, 1.807) is 0 Å². The van der Waals surface area contributed by atoms with E-state index in [0.717, 1.165) is 29.8 Å². The first kappa shape index (κ1) is 14.9. The van der Waals surface area contributed by atoms with E-state index in [9.17, 15) is 0 Å². The van der Waals surface area contributed by atoms with Crippen molar-refractivity contribution in [3.8, 4) is 11.3 Å². The van der Waals surface area contributed by atoms with Gasteiger partial charge in [0.15, 0.2) is 0 Å². The van der Waals surface area contributed by atoms with E-state index in [2.05, 4.69) is 54.6 Å². The molecule has 0 unspecified atom stereocenters. The molecule has 0 amide bonds. The van der Waals surface area contributed by atoms with Gasteiger partial charge in [-0.15, -0.1) is 0 Å². The molecular formula is C21H21N3. The summed E-state index contributed by atoms with van der Waals surface area (Å²) >= 11 is 0. The van der Waals surface area contributed by atoms with Gasteiger partial charge in [0.2, 0.25) is 0 Å². The molecule has 0 bridgehead atoms. The van der Waals surface area contributed by atoms with Crippen LogP contribution >= 0.6 is 0 Å². The van der Waals surface area contributed by atoms with Crippen molar-refractivity contribution in [3.63, 3.8) is 0 Å². The van der Waals surface area contributed by atoms with Gasteiger partial charge in [0.05, 0.1) is 6.54 Å². The zero-order chi connectivity index (χ0) is 16.2. The molecule has 0 saturated carbocycles. The second-order valence-electron chi connectivity index (χ2n) is 6.25. The van der Waals surface area contributed by atoms with Crippen LogP contribution in [0, 0.1) is 0 Å². The summed E-state index contributed by atoms with van der Waals surface area (Å²) in [4.78, 5) is 1.84. The lowest BCUT2D eigenvalue weighted by atomic mass is 9.95. The van der Waals surface area contributed by atoms with E-state index in [1.165, 1.54) is 24.0 Å². The summed E-state index contributed by atoms with van der Waals surface area (Å²) in [5.41, 5.74) is 5.76. The molecule has 0 saturated heterocycles. The van der Waals surface area contributed by atoms with Crippen LogP contribution in [-0.4, -0.2) is 15.0 Å². The van der Waals surface area contributed by atoms with Gasteiger partial charge in [-0.05, 0) is 36.8 Å². The van der Waals surface area contributed by atoms with Gasteiger partial charge in [-0.1, -0.05) is 66.7 Å². The Labute approximate surface area is 142 Å². The summed E-state index contributed by atoms with van der Waals surface area (Å²) in [6.07, 6.45) is 7.11. The Hall–Kier alpha value is -2.68. The van der Waals surface area contributed by atoms with E-state index < -0.39 is 0 Å². The molecule has 0 fully saturated rings. The van der Waals surface area contributed by atoms with E-state index >= 15 is 0 Å². The fraction of sp³-hybridized carbons (Fsp3) is 0.238. The first-order valence-corrected chi connectivity index (χ1v) is 8.64. The van der Waals surface area contributed by atoms with Crippen LogP contribution in [0.1, 0.15) is 36.9 Å². The zero-order valence-electron chi connectivity index (χ0n) is 13.7. The molecule has 3 aromatic rings. The van der Waals surface area contributed by atoms with Crippen molar-refractivity contribution < 1.29 is 0 Å². The third kappa shape index (κ3) is 3.16. The monoisotopic (exact) mass is 315 g/mol. The molecule has 2 aromatic carbocycles. The highest BCUT2D eigenvalue weighted by molar-refractivity contribution is 5.76. The molecular weight excluding hydrogens is 294 g/mol. The molecule has 0 atom stereocenters. The number of benzene rings is 2. The fourth-order valence-electron chi connectivity index (χ4n) is 3.23. The van der Waals surface area contributed by atoms with Crippen LogP contribution in [0.25, 0.3) is 16.8 Å². The summed E-state index contributed by atoms with van der Waals surface area (Å²) in [5, 5.41) is 9.66. The molecule has 3 nitrogen and oxygen atoms in total. The van der Waals surface area contributed by atoms with Crippen LogP contribution in [0.15, 0.2) is 66.7 Å². The van der Waals surface area contributed by atoms with Crippen LogP contribution in [0.4, 0.5) is 0 Å². The Morgan fingerprint density at radius 1 is 0.792 bits per heavy atom. The van der Waals surface area contributed by atoms with Crippen molar-refractivity contribution in [1.82, 2.24) is 15.0 Å². The van der Waals surface area contributed by atoms with Crippen molar-refractivity contribution in [2.45, 2.75) is 32.2 Å². The first-order chi connectivity index (χ1) is 11.9. The Balaban J connectivity index is 1.74. The molecule has 1 aliphatic carbocycles. The maximum atomic E-state index is 4.84. The highest BCUT2D eigenvalue weighted by Gasteiger charge is 2.18. The number of aromatic nitrogens is 3. The van der Waals surface area contributed by atoms with Gasteiger partial charge in [-0.25, -0.2) is 0 Å². The number of hydrogen-bond acceptors (Lipinski definition) is 2. The average Bonchev–Trinajstić information content (AvgIpc) is 3.08. The average molecular weight is 315 g/mol. The van der Waals surface area contributed by atoms with Gasteiger partial charge in [-0.2, -0.15) is 15.0 Å². The minimum atomic E-state index is 0.702. The third-order valence-electron chi connectivity index (χ3n) is 4.46. The molecule has 0 N–H and O–H groups in total. The van der Waals surface area contributed by atoms with E-state index in [4.69, 9.17) is 10.2 Å². The molecule has 4 rings (SSSR count). The molecule has 0 spiro atoms. The van der Waals surface area contributed by atoms with Crippen LogP contribution in [-0.2, 0) is 6.54 Å². The minimum absolute atomic E-state index is 0.702. The highest BCUT2D eigenvalue weighted by atomic mass is 15.5. The molecule has 3 heteroatoms. The lowest BCUT2D eigenvalue weighted by molar-refractivity contribution is 0.590. The molecule has 1 aliphatic rings. The van der Waals surface area contributed by atoms with E-state index in [0.29, 0.717) is 6.54 Å². The Bertz CT molecular complexity index is 832. The second-order valence-corrected chi connectivity index (χ2v) is 6.25. The van der Waals surface area contributed by atoms with Crippen LogP contribution in [0.3, 0.4) is 0 Å². The molecule has 1 aromatic heterocycles. The smallest absolute Gasteiger partial charge is 0.120 e. The fourth-order valence-corrected chi connectivity index (χ4v) is 3.23. The van der Waals surface area contributed by atoms with Crippen molar-refractivity contribution in [2.75, 3.05) is 0 Å². The van der Waals surface area contributed by atoms with Gasteiger partial charge >= 0.3 is 0 Å². The SMILES string of the molecule is C1=C(c2nn(Cc3ccccc3)nc2-c2ccccc2)CCCC1. The first-order valence-electron chi connectivity index (χ1n) is 8.64. The maximum absolute atomic E-state index is 4.84. The van der Waals surface area contributed by atoms with Crippen molar-refractivity contribution in [1.29, 1.82) is 0 Å². The second kappa shape index (κ2) is 6.83. The van der Waals surface area contributed by atoms with E-state index in [-0.39, 0.29) is 0 Å². The van der Waals surface area contributed by atoms with E-state index in [1.807, 2.05) is 16.9 Å². The lowest BCUT2D eigenvalue weighted by Crippen LogP contribution is -2.04. The topological polar surface area (TPSA) is 30.7 Å². The van der Waals surface area contributed by atoms with Gasteiger partial charge in [0, 0.05) is 5.56 Å². The molecule has 24 heavy (non-hydrogen) atoms. The normalized spacial score (nSPS) is 14.4. The summed E-state index contributed by atoms with van der Waals surface area (Å²) in [6.45, 7) is 0.702. The Morgan fingerprint density at radius 3 is 2.21 bits per heavy atom. The summed E-state index contributed by atoms with van der Waals surface area (Å²) in [6, 6.07) is 20.8. The Morgan fingerprint density at radius 2 is 1.50 bits per heavy atom. The van der Waals surface area contributed by atoms with Crippen molar-refractivity contribution >= 4 is 5.57 Å². The zero-order valence-corrected chi connectivity index (χ0v) is 13.7. The van der Waals surface area contributed by atoms with Gasteiger partial charge < -0.3 is 0 Å². The number of allylic oxidation sites excluding steroid dienone is 2. The van der Waals surface area contributed by atoms with Crippen LogP contribution in [0.2, 0.25) is 0 Å². The van der Waals surface area contributed by atoms with Gasteiger partial charge in [0.1, 0.15) is 11.4 Å². The minimum Gasteiger partial charge on any atom is -0.179 e. The predicted molar refractivity (Wildman–Crippen MR) is 97.4 cm³/mol. The molecule has 0 radical (unpaired) electrons. The standard InChI is InChI=1S/C21H21N3/c1-4-10-17(11-5-1)16-24-22-20(18-12-6-2-7-13-18)21(23-24)19-14-8-3-9-15-19/h1-2,4-7,10-14H,3,8-9,15-16H2. The van der Waals surface area contributed by atoms with Gasteiger partial charge in [0.25, 0.3) is 0 Å². The summed E-state index contributed by atoms with van der Waals surface area (Å²) < 4.78 is 0. The van der Waals surface area contributed by atoms with Gasteiger partial charge in [-0.3, -0.25) is 0 Å². The predicted octanol–water partition coefficient (Wildman–Crippen LogP) is 4.95. The number of rotatable bonds is 4. The highest BCUT2D eigenvalue weighted by Crippen LogP contribution is 2.31. The van der Waals surface area contributed by atoms with Crippen LogP contribution in [0.5, 0.6) is 0 Å².